The number of nitro groups is 1. The molecule has 26 heavy (non-hydrogen) atoms. The Kier molecular flexibility index (Phi) is 6.26. The zero-order chi connectivity index (χ0) is 19.1. The number of nitro benzene ring substituents is 1. The lowest BCUT2D eigenvalue weighted by Crippen LogP contribution is -2.28. The number of rotatable bonds is 7. The Labute approximate surface area is 150 Å². The summed E-state index contributed by atoms with van der Waals surface area (Å²) in [6.45, 7) is -0.0719. The quantitative estimate of drug-likeness (QED) is 0.603. The molecule has 0 aliphatic heterocycles. The number of hydrogen-bond donors (Lipinski definition) is 1. The fraction of sp³-hybridized carbons (Fsp3) is 0.222. The van der Waals surface area contributed by atoms with Crippen molar-refractivity contribution >= 4 is 17.5 Å². The predicted octanol–water partition coefficient (Wildman–Crippen LogP) is 1.99. The summed E-state index contributed by atoms with van der Waals surface area (Å²) in [5.74, 6) is -0.464. The second-order valence-corrected chi connectivity index (χ2v) is 5.69. The van der Waals surface area contributed by atoms with Crippen LogP contribution in [0.2, 0.25) is 0 Å². The highest BCUT2D eigenvalue weighted by Crippen LogP contribution is 2.25. The van der Waals surface area contributed by atoms with E-state index in [4.69, 9.17) is 4.74 Å². The minimum Gasteiger partial charge on any atom is -0.477 e. The second-order valence-electron chi connectivity index (χ2n) is 5.69. The van der Waals surface area contributed by atoms with Gasteiger partial charge in [0.25, 0.3) is 11.8 Å². The summed E-state index contributed by atoms with van der Waals surface area (Å²) < 4.78 is 5.22. The van der Waals surface area contributed by atoms with Gasteiger partial charge < -0.3 is 15.0 Å². The largest absolute Gasteiger partial charge is 0.477 e. The molecule has 0 aliphatic carbocycles. The van der Waals surface area contributed by atoms with Crippen molar-refractivity contribution < 1.29 is 19.2 Å². The number of amides is 2. The molecule has 2 aromatic carbocycles. The van der Waals surface area contributed by atoms with Gasteiger partial charge in [-0.05, 0) is 23.8 Å². The van der Waals surface area contributed by atoms with Gasteiger partial charge in [-0.25, -0.2) is 0 Å². The van der Waals surface area contributed by atoms with Crippen LogP contribution in [0.15, 0.2) is 48.5 Å². The third-order valence-electron chi connectivity index (χ3n) is 3.52. The van der Waals surface area contributed by atoms with Gasteiger partial charge >= 0.3 is 5.69 Å². The van der Waals surface area contributed by atoms with Crippen LogP contribution >= 0.6 is 0 Å². The van der Waals surface area contributed by atoms with E-state index in [2.05, 4.69) is 5.32 Å². The molecule has 0 saturated carbocycles. The maximum Gasteiger partial charge on any atom is 0.310 e. The van der Waals surface area contributed by atoms with E-state index >= 15 is 0 Å². The molecular weight excluding hydrogens is 338 g/mol. The number of ether oxygens (including phenoxy) is 1. The molecule has 0 spiro atoms. The molecule has 136 valence electrons. The average Bonchev–Trinajstić information content (AvgIpc) is 2.64. The monoisotopic (exact) mass is 357 g/mol. The van der Waals surface area contributed by atoms with Gasteiger partial charge in [0.2, 0.25) is 0 Å². The standard InChI is InChI=1S/C18H19N3O5/c1-20(2)18(23)14-9-7-13(8-10-14)11-19-17(22)12-26-16-6-4-3-5-15(16)21(24)25/h3-10H,11-12H2,1-2H3,(H,19,22). The van der Waals surface area contributed by atoms with E-state index in [0.717, 1.165) is 5.56 Å². The Morgan fingerprint density at radius 3 is 2.38 bits per heavy atom. The van der Waals surface area contributed by atoms with Gasteiger partial charge in [0, 0.05) is 32.3 Å². The van der Waals surface area contributed by atoms with Crippen LogP contribution in [0.1, 0.15) is 15.9 Å². The van der Waals surface area contributed by atoms with Gasteiger partial charge in [-0.1, -0.05) is 24.3 Å². The number of hydrogen-bond acceptors (Lipinski definition) is 5. The lowest BCUT2D eigenvalue weighted by Gasteiger charge is -2.11. The van der Waals surface area contributed by atoms with Crippen LogP contribution in [-0.4, -0.2) is 42.3 Å². The Morgan fingerprint density at radius 2 is 1.77 bits per heavy atom. The minimum atomic E-state index is -0.566. The van der Waals surface area contributed by atoms with Crippen molar-refractivity contribution in [1.29, 1.82) is 0 Å². The van der Waals surface area contributed by atoms with Crippen LogP contribution in [0, 0.1) is 10.1 Å². The van der Waals surface area contributed by atoms with Gasteiger partial charge in [-0.3, -0.25) is 19.7 Å². The van der Waals surface area contributed by atoms with E-state index in [1.165, 1.54) is 23.1 Å². The molecule has 0 fully saturated rings. The molecule has 0 saturated heterocycles. The molecule has 8 heteroatoms. The normalized spacial score (nSPS) is 10.1. The number of carbonyl (C=O) groups excluding carboxylic acids is 2. The number of carbonyl (C=O) groups is 2. The predicted molar refractivity (Wildman–Crippen MR) is 94.9 cm³/mol. The van der Waals surface area contributed by atoms with Crippen LogP contribution in [0.4, 0.5) is 5.69 Å². The first-order valence-corrected chi connectivity index (χ1v) is 7.82. The van der Waals surface area contributed by atoms with Gasteiger partial charge in [0.05, 0.1) is 4.92 Å². The molecule has 0 radical (unpaired) electrons. The molecule has 0 aromatic heterocycles. The van der Waals surface area contributed by atoms with E-state index < -0.39 is 10.8 Å². The Balaban J connectivity index is 1.86. The third-order valence-corrected chi connectivity index (χ3v) is 3.52. The van der Waals surface area contributed by atoms with Crippen LogP contribution in [0.3, 0.4) is 0 Å². The molecule has 0 aliphatic rings. The van der Waals surface area contributed by atoms with Crippen molar-refractivity contribution in [2.75, 3.05) is 20.7 Å². The van der Waals surface area contributed by atoms with Crippen molar-refractivity contribution in [2.24, 2.45) is 0 Å². The van der Waals surface area contributed by atoms with Crippen LogP contribution < -0.4 is 10.1 Å². The van der Waals surface area contributed by atoms with Gasteiger partial charge in [-0.15, -0.1) is 0 Å². The first kappa shape index (κ1) is 18.9. The maximum absolute atomic E-state index is 11.9. The molecule has 0 bridgehead atoms. The smallest absolute Gasteiger partial charge is 0.310 e. The first-order valence-electron chi connectivity index (χ1n) is 7.82. The van der Waals surface area contributed by atoms with E-state index in [9.17, 15) is 19.7 Å². The number of para-hydroxylation sites is 2. The van der Waals surface area contributed by atoms with E-state index in [1.807, 2.05) is 0 Å². The maximum atomic E-state index is 11.9. The Hall–Kier alpha value is -3.42. The zero-order valence-corrected chi connectivity index (χ0v) is 14.5. The van der Waals surface area contributed by atoms with Crippen molar-refractivity contribution in [3.8, 4) is 5.75 Å². The molecule has 2 rings (SSSR count). The van der Waals surface area contributed by atoms with E-state index in [-0.39, 0.29) is 30.5 Å². The Morgan fingerprint density at radius 1 is 1.12 bits per heavy atom. The average molecular weight is 357 g/mol. The zero-order valence-electron chi connectivity index (χ0n) is 14.5. The van der Waals surface area contributed by atoms with Gasteiger partial charge in [-0.2, -0.15) is 0 Å². The van der Waals surface area contributed by atoms with Crippen LogP contribution in [0.5, 0.6) is 5.75 Å². The number of nitrogens with one attached hydrogen (secondary N) is 1. The van der Waals surface area contributed by atoms with E-state index in [0.29, 0.717) is 5.56 Å². The first-order chi connectivity index (χ1) is 12.4. The van der Waals surface area contributed by atoms with Crippen molar-refractivity contribution in [2.45, 2.75) is 6.54 Å². The van der Waals surface area contributed by atoms with Gasteiger partial charge in [0.15, 0.2) is 12.4 Å². The lowest BCUT2D eigenvalue weighted by atomic mass is 10.1. The summed E-state index contributed by atoms with van der Waals surface area (Å²) in [7, 11) is 3.35. The van der Waals surface area contributed by atoms with E-state index in [1.54, 1.807) is 44.4 Å². The summed E-state index contributed by atoms with van der Waals surface area (Å²) >= 11 is 0. The molecular formula is C18H19N3O5. The summed E-state index contributed by atoms with van der Waals surface area (Å²) in [5, 5.41) is 13.6. The third kappa shape index (κ3) is 5.04. The fourth-order valence-corrected chi connectivity index (χ4v) is 2.15. The lowest BCUT2D eigenvalue weighted by molar-refractivity contribution is -0.385. The minimum absolute atomic E-state index is 0.0409. The molecule has 0 unspecified atom stereocenters. The molecule has 1 N–H and O–H groups in total. The highest BCUT2D eigenvalue weighted by Gasteiger charge is 2.15. The summed E-state index contributed by atoms with van der Waals surface area (Å²) in [6.07, 6.45) is 0. The topological polar surface area (TPSA) is 102 Å². The SMILES string of the molecule is CN(C)C(=O)c1ccc(CNC(=O)COc2ccccc2[N+](=O)[O-])cc1. The molecule has 0 atom stereocenters. The second kappa shape index (κ2) is 8.61. The summed E-state index contributed by atoms with van der Waals surface area (Å²) in [6, 6.07) is 12.7. The van der Waals surface area contributed by atoms with Crippen LogP contribution in [0.25, 0.3) is 0 Å². The summed E-state index contributed by atoms with van der Waals surface area (Å²) in [5.41, 5.74) is 1.19. The molecule has 8 nitrogen and oxygen atoms in total. The number of nitrogens with zero attached hydrogens (tertiary/aromatic N) is 2. The number of benzene rings is 2. The molecule has 0 heterocycles. The highest BCUT2D eigenvalue weighted by molar-refractivity contribution is 5.93. The van der Waals surface area contributed by atoms with Crippen molar-refractivity contribution in [3.63, 3.8) is 0 Å². The van der Waals surface area contributed by atoms with Crippen LogP contribution in [-0.2, 0) is 11.3 Å². The molecule has 2 amide bonds. The summed E-state index contributed by atoms with van der Waals surface area (Å²) in [4.78, 5) is 35.5. The molecule has 2 aromatic rings. The fourth-order valence-electron chi connectivity index (χ4n) is 2.15. The van der Waals surface area contributed by atoms with Crippen molar-refractivity contribution in [3.05, 3.63) is 69.8 Å². The highest BCUT2D eigenvalue weighted by atomic mass is 16.6. The Bertz CT molecular complexity index is 803. The van der Waals surface area contributed by atoms with Gasteiger partial charge in [0.1, 0.15) is 0 Å². The van der Waals surface area contributed by atoms with Crippen molar-refractivity contribution in [1.82, 2.24) is 10.2 Å².